The zero-order chi connectivity index (χ0) is 19.4. The van der Waals surface area contributed by atoms with Gasteiger partial charge in [-0.05, 0) is 17.2 Å². The lowest BCUT2D eigenvalue weighted by Crippen LogP contribution is -2.33. The Morgan fingerprint density at radius 2 is 2.11 bits per heavy atom. The lowest BCUT2D eigenvalue weighted by molar-refractivity contribution is -0.386. The van der Waals surface area contributed by atoms with E-state index in [1.807, 2.05) is 30.3 Å². The molecule has 1 fully saturated rings. The molecule has 0 amide bonds. The average Bonchev–Trinajstić information content (AvgIpc) is 3.17. The summed E-state index contributed by atoms with van der Waals surface area (Å²) in [6, 6.07) is 11.7. The van der Waals surface area contributed by atoms with Crippen LogP contribution in [0.3, 0.4) is 0 Å². The van der Waals surface area contributed by atoms with E-state index in [0.717, 1.165) is 5.56 Å². The van der Waals surface area contributed by atoms with E-state index in [-0.39, 0.29) is 29.2 Å². The number of methoxy groups -OCH3 is 1. The molecule has 8 nitrogen and oxygen atoms in total. The van der Waals surface area contributed by atoms with E-state index in [4.69, 9.17) is 14.6 Å². The zero-order valence-corrected chi connectivity index (χ0v) is 15.3. The first-order valence-electron chi connectivity index (χ1n) is 8.13. The standard InChI is InChI=1S/C18H18N2O6S/c1-25-15-8-12(17-19-13(10-27-17)18(21)22)7-14(20(23)24)16(15)26-9-11-5-3-2-4-6-11/h2-8,13,17,19H,9-10H2,1H3,(H,21,22)/t13-,17-/m0/s1. The van der Waals surface area contributed by atoms with Crippen molar-refractivity contribution in [3.05, 3.63) is 63.7 Å². The van der Waals surface area contributed by atoms with Crippen molar-refractivity contribution in [1.82, 2.24) is 5.32 Å². The van der Waals surface area contributed by atoms with Gasteiger partial charge < -0.3 is 14.6 Å². The van der Waals surface area contributed by atoms with E-state index in [1.165, 1.54) is 24.9 Å². The van der Waals surface area contributed by atoms with E-state index >= 15 is 0 Å². The van der Waals surface area contributed by atoms with Gasteiger partial charge >= 0.3 is 11.7 Å². The highest BCUT2D eigenvalue weighted by atomic mass is 32.2. The Morgan fingerprint density at radius 1 is 1.37 bits per heavy atom. The van der Waals surface area contributed by atoms with Crippen molar-refractivity contribution in [2.24, 2.45) is 0 Å². The first kappa shape index (κ1) is 19.0. The SMILES string of the molecule is COc1cc([C@H]2N[C@H](C(=O)O)CS2)cc([N+](=O)[O-])c1OCc1ccccc1. The normalized spacial score (nSPS) is 18.9. The number of hydrogen-bond acceptors (Lipinski definition) is 7. The summed E-state index contributed by atoms with van der Waals surface area (Å²) in [5.41, 5.74) is 1.22. The first-order valence-corrected chi connectivity index (χ1v) is 9.18. The molecule has 0 saturated carbocycles. The van der Waals surface area contributed by atoms with Crippen LogP contribution >= 0.6 is 11.8 Å². The number of nitro groups is 1. The molecule has 1 aliphatic heterocycles. The molecule has 1 heterocycles. The molecule has 0 aliphatic carbocycles. The Hall–Kier alpha value is -2.78. The second-order valence-corrected chi connectivity index (χ2v) is 7.01. The molecular weight excluding hydrogens is 372 g/mol. The van der Waals surface area contributed by atoms with Crippen LogP contribution in [0.2, 0.25) is 0 Å². The fourth-order valence-corrected chi connectivity index (χ4v) is 3.94. The smallest absolute Gasteiger partial charge is 0.321 e. The maximum absolute atomic E-state index is 11.6. The predicted molar refractivity (Wildman–Crippen MR) is 100 cm³/mol. The van der Waals surface area contributed by atoms with Crippen molar-refractivity contribution in [3.8, 4) is 11.5 Å². The van der Waals surface area contributed by atoms with Crippen molar-refractivity contribution < 1.29 is 24.3 Å². The first-order chi connectivity index (χ1) is 13.0. The summed E-state index contributed by atoms with van der Waals surface area (Å²) in [6.45, 7) is 0.162. The van der Waals surface area contributed by atoms with E-state index in [9.17, 15) is 14.9 Å². The molecule has 9 heteroatoms. The Kier molecular flexibility index (Phi) is 5.82. The zero-order valence-electron chi connectivity index (χ0n) is 14.5. The molecule has 0 unspecified atom stereocenters. The fraction of sp³-hybridized carbons (Fsp3) is 0.278. The van der Waals surface area contributed by atoms with Crippen LogP contribution in [0.1, 0.15) is 16.5 Å². The van der Waals surface area contributed by atoms with Gasteiger partial charge in [0.05, 0.1) is 17.4 Å². The molecular formula is C18H18N2O6S. The van der Waals surface area contributed by atoms with Gasteiger partial charge in [0.1, 0.15) is 12.6 Å². The molecule has 2 aromatic rings. The van der Waals surface area contributed by atoms with E-state index in [2.05, 4.69) is 5.32 Å². The third kappa shape index (κ3) is 4.32. The third-order valence-corrected chi connectivity index (χ3v) is 5.35. The van der Waals surface area contributed by atoms with Gasteiger partial charge in [-0.25, -0.2) is 0 Å². The number of rotatable bonds is 7. The third-order valence-electron chi connectivity index (χ3n) is 4.08. The largest absolute Gasteiger partial charge is 0.493 e. The molecule has 142 valence electrons. The van der Waals surface area contributed by atoms with Crippen molar-refractivity contribution in [1.29, 1.82) is 0 Å². The summed E-state index contributed by atoms with van der Waals surface area (Å²) in [4.78, 5) is 22.2. The van der Waals surface area contributed by atoms with Crippen molar-refractivity contribution in [2.45, 2.75) is 18.0 Å². The fourth-order valence-electron chi connectivity index (χ4n) is 2.73. The van der Waals surface area contributed by atoms with Crippen molar-refractivity contribution >= 4 is 23.4 Å². The molecule has 1 saturated heterocycles. The van der Waals surface area contributed by atoms with Crippen LogP contribution in [0.5, 0.6) is 11.5 Å². The Balaban J connectivity index is 1.89. The minimum atomic E-state index is -0.950. The van der Waals surface area contributed by atoms with E-state index in [1.54, 1.807) is 6.07 Å². The van der Waals surface area contributed by atoms with Crippen LogP contribution in [0.4, 0.5) is 5.69 Å². The van der Waals surface area contributed by atoms with Gasteiger partial charge in [0.15, 0.2) is 5.75 Å². The highest BCUT2D eigenvalue weighted by Gasteiger charge is 2.33. The van der Waals surface area contributed by atoms with Gasteiger partial charge in [0.25, 0.3) is 0 Å². The van der Waals surface area contributed by atoms with Gasteiger partial charge in [-0.1, -0.05) is 30.3 Å². The van der Waals surface area contributed by atoms with Crippen LogP contribution in [0, 0.1) is 10.1 Å². The number of aliphatic carboxylic acids is 1. The number of carboxylic acid groups (broad SMARTS) is 1. The highest BCUT2D eigenvalue weighted by Crippen LogP contribution is 2.43. The molecule has 2 N–H and O–H groups in total. The van der Waals surface area contributed by atoms with Crippen LogP contribution in [0.25, 0.3) is 0 Å². The molecule has 2 atom stereocenters. The van der Waals surface area contributed by atoms with Crippen LogP contribution in [0.15, 0.2) is 42.5 Å². The van der Waals surface area contributed by atoms with Gasteiger partial charge in [0.2, 0.25) is 5.75 Å². The lowest BCUT2D eigenvalue weighted by Gasteiger charge is -2.16. The number of benzene rings is 2. The molecule has 27 heavy (non-hydrogen) atoms. The highest BCUT2D eigenvalue weighted by molar-refractivity contribution is 7.99. The second kappa shape index (κ2) is 8.28. The Labute approximate surface area is 159 Å². The quantitative estimate of drug-likeness (QED) is 0.548. The number of nitro benzene ring substituents is 1. The Morgan fingerprint density at radius 3 is 2.70 bits per heavy atom. The predicted octanol–water partition coefficient (Wildman–Crippen LogP) is 2.97. The van der Waals surface area contributed by atoms with Crippen LogP contribution in [-0.4, -0.2) is 34.9 Å². The molecule has 0 bridgehead atoms. The minimum absolute atomic E-state index is 0.0490. The lowest BCUT2D eigenvalue weighted by atomic mass is 10.1. The molecule has 0 aromatic heterocycles. The summed E-state index contributed by atoms with van der Waals surface area (Å²) in [7, 11) is 1.41. The number of hydrogen-bond donors (Lipinski definition) is 2. The number of carbonyl (C=O) groups is 1. The maximum atomic E-state index is 11.6. The Bertz CT molecular complexity index is 845. The number of ether oxygens (including phenoxy) is 2. The van der Waals surface area contributed by atoms with Gasteiger partial charge in [0, 0.05) is 11.8 Å². The average molecular weight is 390 g/mol. The van der Waals surface area contributed by atoms with Gasteiger partial charge in [-0.2, -0.15) is 0 Å². The van der Waals surface area contributed by atoms with Gasteiger partial charge in [-0.15, -0.1) is 11.8 Å². The van der Waals surface area contributed by atoms with E-state index in [0.29, 0.717) is 11.3 Å². The van der Waals surface area contributed by atoms with Crippen molar-refractivity contribution in [3.63, 3.8) is 0 Å². The second-order valence-electron chi connectivity index (χ2n) is 5.87. The number of carboxylic acids is 1. The summed E-state index contributed by atoms with van der Waals surface area (Å²) < 4.78 is 11.0. The monoisotopic (exact) mass is 390 g/mol. The number of thioether (sulfide) groups is 1. The summed E-state index contributed by atoms with van der Waals surface area (Å²) in [6.07, 6.45) is 0. The van der Waals surface area contributed by atoms with Gasteiger partial charge in [-0.3, -0.25) is 20.2 Å². The summed E-state index contributed by atoms with van der Waals surface area (Å²) >= 11 is 1.38. The van der Waals surface area contributed by atoms with Crippen molar-refractivity contribution in [2.75, 3.05) is 12.9 Å². The summed E-state index contributed by atoms with van der Waals surface area (Å²) in [5, 5.41) is 23.3. The molecule has 0 radical (unpaired) electrons. The topological polar surface area (TPSA) is 111 Å². The molecule has 3 rings (SSSR count). The maximum Gasteiger partial charge on any atom is 0.321 e. The number of nitrogens with one attached hydrogen (secondary N) is 1. The van der Waals surface area contributed by atoms with Crippen LogP contribution < -0.4 is 14.8 Å². The summed E-state index contributed by atoms with van der Waals surface area (Å²) in [5.74, 6) is -0.291. The van der Waals surface area contributed by atoms with E-state index < -0.39 is 16.9 Å². The minimum Gasteiger partial charge on any atom is -0.493 e. The molecule has 1 aliphatic rings. The van der Waals surface area contributed by atoms with Crippen LogP contribution in [-0.2, 0) is 11.4 Å². The molecule has 0 spiro atoms. The number of nitrogens with zero attached hydrogens (tertiary/aromatic N) is 1. The molecule has 2 aromatic carbocycles.